The molecule has 0 saturated heterocycles. The third kappa shape index (κ3) is 4.88. The molecule has 30 heavy (non-hydrogen) atoms. The molecule has 8 heteroatoms. The number of nitrogens with one attached hydrogen (secondary N) is 2. The number of rotatable bonds is 9. The van der Waals surface area contributed by atoms with Gasteiger partial charge in [0.05, 0.1) is 43.8 Å². The third-order valence-electron chi connectivity index (χ3n) is 5.13. The molecule has 8 nitrogen and oxygen atoms in total. The van der Waals surface area contributed by atoms with Crippen LogP contribution in [-0.4, -0.2) is 60.9 Å². The average molecular weight is 415 g/mol. The number of nitrogens with zero attached hydrogens (tertiary/aromatic N) is 1. The number of amides is 1. The van der Waals surface area contributed by atoms with E-state index in [1.165, 1.54) is 14.2 Å². The number of ether oxygens (including phenoxy) is 2. The smallest absolute Gasteiger partial charge is 0.339 e. The van der Waals surface area contributed by atoms with Gasteiger partial charge < -0.3 is 19.8 Å². The predicted molar refractivity (Wildman–Crippen MR) is 114 cm³/mol. The Balaban J connectivity index is 2.16. The van der Waals surface area contributed by atoms with Gasteiger partial charge in [-0.15, -0.1) is 0 Å². The van der Waals surface area contributed by atoms with Crippen molar-refractivity contribution < 1.29 is 23.9 Å². The number of ketones is 1. The highest BCUT2D eigenvalue weighted by atomic mass is 16.5. The van der Waals surface area contributed by atoms with Crippen molar-refractivity contribution in [3.8, 4) is 5.75 Å². The standard InChI is InChI=1S/C22H29N3O5/c1-7-25(12-18(26)24-16-10-8-9-11-17(16)29-5)15(4)21(27)20-13(2)19(14(3)23-20)22(28)30-6/h8-11,15,23H,7,12H2,1-6H3,(H,24,26). The van der Waals surface area contributed by atoms with Gasteiger partial charge in [0.25, 0.3) is 0 Å². The number of anilines is 1. The summed E-state index contributed by atoms with van der Waals surface area (Å²) in [6.45, 7) is 7.58. The van der Waals surface area contributed by atoms with Crippen LogP contribution >= 0.6 is 0 Å². The number of Topliss-reactive ketones (excluding diaryl/α,β-unsaturated/α-hetero) is 1. The summed E-state index contributed by atoms with van der Waals surface area (Å²) in [5.74, 6) is -0.379. The minimum Gasteiger partial charge on any atom is -0.495 e. The summed E-state index contributed by atoms with van der Waals surface area (Å²) >= 11 is 0. The highest BCUT2D eigenvalue weighted by Crippen LogP contribution is 2.24. The summed E-state index contributed by atoms with van der Waals surface area (Å²) in [6.07, 6.45) is 0. The SMILES string of the molecule is CCN(CC(=O)Nc1ccccc1OC)C(C)C(=O)c1[nH]c(C)c(C(=O)OC)c1C. The highest BCUT2D eigenvalue weighted by molar-refractivity contribution is 6.04. The lowest BCUT2D eigenvalue weighted by atomic mass is 10.0. The number of esters is 1. The molecule has 2 N–H and O–H groups in total. The number of methoxy groups -OCH3 is 2. The van der Waals surface area contributed by atoms with E-state index in [4.69, 9.17) is 9.47 Å². The Labute approximate surface area is 176 Å². The zero-order valence-corrected chi connectivity index (χ0v) is 18.3. The van der Waals surface area contributed by atoms with Crippen molar-refractivity contribution in [2.24, 2.45) is 0 Å². The van der Waals surface area contributed by atoms with E-state index in [-0.39, 0.29) is 18.2 Å². The summed E-state index contributed by atoms with van der Waals surface area (Å²) in [4.78, 5) is 42.4. The molecule has 1 aromatic carbocycles. The predicted octanol–water partition coefficient (Wildman–Crippen LogP) is 2.96. The molecule has 0 bridgehead atoms. The van der Waals surface area contributed by atoms with Crippen LogP contribution in [0.2, 0.25) is 0 Å². The fourth-order valence-corrected chi connectivity index (χ4v) is 3.42. The number of H-pyrrole nitrogens is 1. The Kier molecular flexibility index (Phi) is 7.77. The van der Waals surface area contributed by atoms with Crippen LogP contribution in [0, 0.1) is 13.8 Å². The maximum Gasteiger partial charge on any atom is 0.339 e. The van der Waals surface area contributed by atoms with Gasteiger partial charge in [-0.25, -0.2) is 4.79 Å². The molecule has 0 saturated carbocycles. The number of carbonyl (C=O) groups is 3. The fourth-order valence-electron chi connectivity index (χ4n) is 3.42. The molecule has 1 heterocycles. The van der Waals surface area contributed by atoms with E-state index in [9.17, 15) is 14.4 Å². The van der Waals surface area contributed by atoms with Crippen molar-refractivity contribution in [2.45, 2.75) is 33.7 Å². The quantitative estimate of drug-likeness (QED) is 0.482. The zero-order valence-electron chi connectivity index (χ0n) is 18.3. The minimum absolute atomic E-state index is 0.0318. The first-order valence-electron chi connectivity index (χ1n) is 9.73. The molecule has 0 aliphatic heterocycles. The number of hydrogen-bond acceptors (Lipinski definition) is 6. The van der Waals surface area contributed by atoms with Gasteiger partial charge in [0.1, 0.15) is 5.75 Å². The second kappa shape index (κ2) is 10.1. The fraction of sp³-hybridized carbons (Fsp3) is 0.409. The molecular formula is C22H29N3O5. The summed E-state index contributed by atoms with van der Waals surface area (Å²) in [5, 5.41) is 2.82. The van der Waals surface area contributed by atoms with E-state index in [0.717, 1.165) is 0 Å². The van der Waals surface area contributed by atoms with Crippen molar-refractivity contribution in [2.75, 3.05) is 32.6 Å². The summed E-state index contributed by atoms with van der Waals surface area (Å²) < 4.78 is 10.1. The van der Waals surface area contributed by atoms with Crippen molar-refractivity contribution in [1.29, 1.82) is 0 Å². The van der Waals surface area contributed by atoms with Crippen LogP contribution in [0.3, 0.4) is 0 Å². The zero-order chi connectivity index (χ0) is 22.4. The first kappa shape index (κ1) is 23.2. The topological polar surface area (TPSA) is 101 Å². The van der Waals surface area contributed by atoms with E-state index < -0.39 is 12.0 Å². The molecule has 1 amide bonds. The maximum atomic E-state index is 13.1. The van der Waals surface area contributed by atoms with Crippen LogP contribution in [0.25, 0.3) is 0 Å². The Morgan fingerprint density at radius 3 is 2.43 bits per heavy atom. The van der Waals surface area contributed by atoms with E-state index in [0.29, 0.717) is 40.5 Å². The molecule has 0 fully saturated rings. The monoisotopic (exact) mass is 415 g/mol. The minimum atomic E-state index is -0.569. The first-order chi connectivity index (χ1) is 14.2. The molecule has 2 aromatic rings. The Morgan fingerprint density at radius 1 is 1.17 bits per heavy atom. The van der Waals surface area contributed by atoms with E-state index >= 15 is 0 Å². The van der Waals surface area contributed by atoms with Gasteiger partial charge in [-0.05, 0) is 45.0 Å². The molecule has 0 radical (unpaired) electrons. The maximum absolute atomic E-state index is 13.1. The van der Waals surface area contributed by atoms with Gasteiger partial charge in [-0.2, -0.15) is 0 Å². The van der Waals surface area contributed by atoms with E-state index in [2.05, 4.69) is 10.3 Å². The lowest BCUT2D eigenvalue weighted by molar-refractivity contribution is -0.117. The molecule has 0 aliphatic carbocycles. The Bertz CT molecular complexity index is 935. The van der Waals surface area contributed by atoms with Crippen molar-refractivity contribution >= 4 is 23.3 Å². The van der Waals surface area contributed by atoms with Gasteiger partial charge in [0.15, 0.2) is 5.78 Å². The van der Waals surface area contributed by atoms with Gasteiger partial charge in [-0.3, -0.25) is 14.5 Å². The Morgan fingerprint density at radius 2 is 1.83 bits per heavy atom. The molecule has 1 atom stereocenters. The number of para-hydroxylation sites is 2. The first-order valence-corrected chi connectivity index (χ1v) is 9.73. The molecule has 1 aromatic heterocycles. The summed E-state index contributed by atoms with van der Waals surface area (Å²) in [7, 11) is 2.84. The lowest BCUT2D eigenvalue weighted by Crippen LogP contribution is -2.43. The van der Waals surface area contributed by atoms with Crippen LogP contribution in [0.5, 0.6) is 5.75 Å². The molecule has 2 rings (SSSR count). The molecule has 162 valence electrons. The van der Waals surface area contributed by atoms with E-state index in [1.54, 1.807) is 43.9 Å². The number of hydrogen-bond donors (Lipinski definition) is 2. The van der Waals surface area contributed by atoms with Crippen molar-refractivity contribution in [3.63, 3.8) is 0 Å². The number of benzene rings is 1. The summed E-state index contributed by atoms with van der Waals surface area (Å²) in [6, 6.07) is 6.56. The second-order valence-electron chi connectivity index (χ2n) is 6.97. The molecular weight excluding hydrogens is 386 g/mol. The van der Waals surface area contributed by atoms with Crippen molar-refractivity contribution in [3.05, 3.63) is 46.8 Å². The van der Waals surface area contributed by atoms with Crippen LogP contribution in [0.1, 0.15) is 46.0 Å². The third-order valence-corrected chi connectivity index (χ3v) is 5.13. The number of likely N-dealkylation sites (N-methyl/N-ethyl adjacent to an activating group) is 1. The van der Waals surface area contributed by atoms with E-state index in [1.807, 2.05) is 13.0 Å². The van der Waals surface area contributed by atoms with Gasteiger partial charge in [0.2, 0.25) is 5.91 Å². The second-order valence-corrected chi connectivity index (χ2v) is 6.97. The van der Waals surface area contributed by atoms with Crippen LogP contribution in [0.15, 0.2) is 24.3 Å². The lowest BCUT2D eigenvalue weighted by Gasteiger charge is -2.26. The molecule has 0 spiro atoms. The summed E-state index contributed by atoms with van der Waals surface area (Å²) in [5.41, 5.74) is 2.41. The normalized spacial score (nSPS) is 11.8. The largest absolute Gasteiger partial charge is 0.495 e. The number of aromatic amines is 1. The highest BCUT2D eigenvalue weighted by Gasteiger charge is 2.29. The Hall–Kier alpha value is -3.13. The van der Waals surface area contributed by atoms with Crippen LogP contribution in [0.4, 0.5) is 5.69 Å². The average Bonchev–Trinajstić information content (AvgIpc) is 3.04. The van der Waals surface area contributed by atoms with Crippen LogP contribution in [-0.2, 0) is 9.53 Å². The van der Waals surface area contributed by atoms with Crippen molar-refractivity contribution in [1.82, 2.24) is 9.88 Å². The number of aromatic nitrogens is 1. The van der Waals surface area contributed by atoms with Gasteiger partial charge in [0, 0.05) is 5.69 Å². The number of aryl methyl sites for hydroxylation is 1. The molecule has 0 aliphatic rings. The van der Waals surface area contributed by atoms with Crippen LogP contribution < -0.4 is 10.1 Å². The molecule has 1 unspecified atom stereocenters. The number of carbonyl (C=O) groups excluding carboxylic acids is 3. The van der Waals surface area contributed by atoms with Gasteiger partial charge in [-0.1, -0.05) is 19.1 Å². The van der Waals surface area contributed by atoms with Gasteiger partial charge >= 0.3 is 5.97 Å².